The quantitative estimate of drug-likeness (QED) is 0.715. The molecule has 0 aliphatic rings. The molecule has 16 heavy (non-hydrogen) atoms. The van der Waals surface area contributed by atoms with Crippen molar-refractivity contribution in [2.75, 3.05) is 7.05 Å². The average molecular weight is 232 g/mol. The molecule has 6 nitrogen and oxygen atoms in total. The van der Waals surface area contributed by atoms with Crippen LogP contribution >= 0.6 is 0 Å². The van der Waals surface area contributed by atoms with Gasteiger partial charge in [0.2, 0.25) is 0 Å². The summed E-state index contributed by atoms with van der Waals surface area (Å²) in [5.41, 5.74) is 0.696. The highest BCUT2D eigenvalue weighted by Gasteiger charge is 2.31. The molecule has 0 atom stereocenters. The van der Waals surface area contributed by atoms with Crippen LogP contribution in [-0.4, -0.2) is 40.4 Å². The Bertz CT molecular complexity index is 281. The smallest absolute Gasteiger partial charge is 0.424 e. The largest absolute Gasteiger partial charge is 0.480 e. The summed E-state index contributed by atoms with van der Waals surface area (Å²) in [6.45, 7) is 8.12. The van der Waals surface area contributed by atoms with E-state index in [1.165, 1.54) is 20.9 Å². The first-order valence-electron chi connectivity index (χ1n) is 4.93. The van der Waals surface area contributed by atoms with Gasteiger partial charge >= 0.3 is 12.1 Å². The fourth-order valence-corrected chi connectivity index (χ4v) is 0.843. The zero-order valence-electron chi connectivity index (χ0n) is 10.6. The Labute approximate surface area is 95.5 Å². The summed E-state index contributed by atoms with van der Waals surface area (Å²) in [5, 5.41) is 9.89. The van der Waals surface area contributed by atoms with Gasteiger partial charge in [-0.25, -0.2) is 15.2 Å². The highest BCUT2D eigenvalue weighted by Crippen LogP contribution is 2.10. The predicted molar refractivity (Wildman–Crippen MR) is 58.8 cm³/mol. The van der Waals surface area contributed by atoms with Gasteiger partial charge in [0.25, 0.3) is 0 Å². The number of carbonyl (C=O) groups is 2. The third-order valence-corrected chi connectivity index (χ3v) is 1.65. The molecule has 1 amide bonds. The maximum absolute atomic E-state index is 11.5. The molecule has 0 heterocycles. The van der Waals surface area contributed by atoms with Crippen LogP contribution in [0.25, 0.3) is 0 Å². The Morgan fingerprint density at radius 1 is 1.19 bits per heavy atom. The number of nitrogens with zero attached hydrogens (tertiary/aromatic N) is 1. The van der Waals surface area contributed by atoms with Gasteiger partial charge < -0.3 is 9.84 Å². The lowest BCUT2D eigenvalue weighted by molar-refractivity contribution is -0.145. The van der Waals surface area contributed by atoms with Gasteiger partial charge in [0.15, 0.2) is 0 Å². The van der Waals surface area contributed by atoms with Gasteiger partial charge in [-0.05, 0) is 34.6 Å². The van der Waals surface area contributed by atoms with E-state index in [2.05, 4.69) is 5.43 Å². The average Bonchev–Trinajstić information content (AvgIpc) is 1.99. The first-order valence-corrected chi connectivity index (χ1v) is 4.93. The molecule has 94 valence electrons. The Morgan fingerprint density at radius 2 is 1.62 bits per heavy atom. The third kappa shape index (κ3) is 4.97. The molecule has 0 aromatic rings. The molecule has 0 saturated heterocycles. The van der Waals surface area contributed by atoms with E-state index in [0.717, 1.165) is 5.01 Å². The molecule has 0 aromatic carbocycles. The maximum atomic E-state index is 11.5. The first-order chi connectivity index (χ1) is 6.96. The van der Waals surface area contributed by atoms with Gasteiger partial charge in [-0.15, -0.1) is 0 Å². The molecule has 0 saturated carbocycles. The van der Waals surface area contributed by atoms with Crippen LogP contribution in [0.3, 0.4) is 0 Å². The number of hydrogen-bond donors (Lipinski definition) is 2. The van der Waals surface area contributed by atoms with Crippen LogP contribution in [0.5, 0.6) is 0 Å². The fraction of sp³-hybridized carbons (Fsp3) is 0.800. The molecule has 0 bridgehead atoms. The molecule has 2 N–H and O–H groups in total. The van der Waals surface area contributed by atoms with E-state index >= 15 is 0 Å². The summed E-state index contributed by atoms with van der Waals surface area (Å²) < 4.78 is 5.06. The second-order valence-electron chi connectivity index (χ2n) is 5.08. The standard InChI is InChI=1S/C10H20N2O4/c1-9(2,3)16-8(15)12(6)11-10(4,5)7(13)14/h11H,1-6H3,(H,13,14). The van der Waals surface area contributed by atoms with Crippen LogP contribution in [0.1, 0.15) is 34.6 Å². The SMILES string of the molecule is CN(NC(C)(C)C(=O)O)C(=O)OC(C)(C)C. The van der Waals surface area contributed by atoms with E-state index in [-0.39, 0.29) is 0 Å². The van der Waals surface area contributed by atoms with E-state index in [0.29, 0.717) is 0 Å². The van der Waals surface area contributed by atoms with Gasteiger partial charge in [-0.3, -0.25) is 4.79 Å². The summed E-state index contributed by atoms with van der Waals surface area (Å²) in [6, 6.07) is 0. The second kappa shape index (κ2) is 4.69. The van der Waals surface area contributed by atoms with Crippen LogP contribution in [0.15, 0.2) is 0 Å². The van der Waals surface area contributed by atoms with Crippen LogP contribution in [0.2, 0.25) is 0 Å². The van der Waals surface area contributed by atoms with Crippen molar-refractivity contribution >= 4 is 12.1 Å². The Balaban J connectivity index is 4.43. The third-order valence-electron chi connectivity index (χ3n) is 1.65. The van der Waals surface area contributed by atoms with Crippen molar-refractivity contribution in [3.8, 4) is 0 Å². The van der Waals surface area contributed by atoms with E-state index in [1.807, 2.05) is 0 Å². The number of carbonyl (C=O) groups excluding carboxylic acids is 1. The van der Waals surface area contributed by atoms with E-state index in [9.17, 15) is 9.59 Å². The predicted octanol–water partition coefficient (Wildman–Crippen LogP) is 1.22. The molecule has 0 aliphatic heterocycles. The Hall–Kier alpha value is -1.30. The van der Waals surface area contributed by atoms with Gasteiger partial charge in [0, 0.05) is 7.05 Å². The first kappa shape index (κ1) is 14.7. The molecule has 0 aromatic heterocycles. The Morgan fingerprint density at radius 3 is 1.94 bits per heavy atom. The number of rotatable bonds is 3. The molecule has 0 rings (SSSR count). The second-order valence-corrected chi connectivity index (χ2v) is 5.08. The van der Waals surface area contributed by atoms with Crippen LogP contribution in [0, 0.1) is 0 Å². The minimum Gasteiger partial charge on any atom is -0.480 e. The minimum atomic E-state index is -1.23. The zero-order chi connectivity index (χ0) is 13.1. The van der Waals surface area contributed by atoms with Crippen molar-refractivity contribution in [2.45, 2.75) is 45.8 Å². The lowest BCUT2D eigenvalue weighted by Gasteiger charge is -2.30. The number of carboxylic acids is 1. The van der Waals surface area contributed by atoms with E-state index in [1.54, 1.807) is 20.8 Å². The van der Waals surface area contributed by atoms with Crippen LogP contribution in [0.4, 0.5) is 4.79 Å². The number of amides is 1. The van der Waals surface area contributed by atoms with Crippen molar-refractivity contribution in [3.05, 3.63) is 0 Å². The summed E-state index contributed by atoms with van der Waals surface area (Å²) in [5.74, 6) is -1.05. The number of ether oxygens (including phenoxy) is 1. The van der Waals surface area contributed by atoms with E-state index < -0.39 is 23.2 Å². The molecule has 0 spiro atoms. The number of carboxylic acid groups (broad SMARTS) is 1. The normalized spacial score (nSPS) is 12.1. The summed E-state index contributed by atoms with van der Waals surface area (Å²) in [7, 11) is 1.42. The molecule has 0 fully saturated rings. The fourth-order valence-electron chi connectivity index (χ4n) is 0.843. The lowest BCUT2D eigenvalue weighted by atomic mass is 10.1. The number of aliphatic carboxylic acids is 1. The zero-order valence-corrected chi connectivity index (χ0v) is 10.6. The number of hydrogen-bond acceptors (Lipinski definition) is 4. The van der Waals surface area contributed by atoms with E-state index in [4.69, 9.17) is 9.84 Å². The van der Waals surface area contributed by atoms with Crippen LogP contribution in [-0.2, 0) is 9.53 Å². The van der Waals surface area contributed by atoms with Crippen molar-refractivity contribution in [2.24, 2.45) is 0 Å². The topological polar surface area (TPSA) is 78.9 Å². The van der Waals surface area contributed by atoms with Gasteiger partial charge in [0.05, 0.1) is 0 Å². The maximum Gasteiger partial charge on any atom is 0.424 e. The highest BCUT2D eigenvalue weighted by atomic mass is 16.6. The summed E-state index contributed by atoms with van der Waals surface area (Å²) in [4.78, 5) is 22.3. The van der Waals surface area contributed by atoms with Crippen molar-refractivity contribution in [1.29, 1.82) is 0 Å². The number of hydrazine groups is 1. The molecular formula is C10H20N2O4. The monoisotopic (exact) mass is 232 g/mol. The van der Waals surface area contributed by atoms with Gasteiger partial charge in [0.1, 0.15) is 11.1 Å². The van der Waals surface area contributed by atoms with Crippen molar-refractivity contribution < 1.29 is 19.4 Å². The summed E-state index contributed by atoms with van der Waals surface area (Å²) >= 11 is 0. The van der Waals surface area contributed by atoms with Gasteiger partial charge in [-0.1, -0.05) is 0 Å². The summed E-state index contributed by atoms with van der Waals surface area (Å²) in [6.07, 6.45) is -0.623. The lowest BCUT2D eigenvalue weighted by Crippen LogP contribution is -2.56. The molecule has 0 aliphatic carbocycles. The van der Waals surface area contributed by atoms with Crippen molar-refractivity contribution in [1.82, 2.24) is 10.4 Å². The minimum absolute atomic E-state index is 0.611. The molecular weight excluding hydrogens is 212 g/mol. The van der Waals surface area contributed by atoms with Crippen molar-refractivity contribution in [3.63, 3.8) is 0 Å². The molecule has 0 unspecified atom stereocenters. The molecule has 6 heteroatoms. The van der Waals surface area contributed by atoms with Crippen LogP contribution < -0.4 is 5.43 Å². The number of nitrogens with one attached hydrogen (secondary N) is 1. The highest BCUT2D eigenvalue weighted by molar-refractivity contribution is 5.78. The Kier molecular flexibility index (Phi) is 4.31. The molecule has 0 radical (unpaired) electrons. The van der Waals surface area contributed by atoms with Gasteiger partial charge in [-0.2, -0.15) is 0 Å².